The fourth-order valence-electron chi connectivity index (χ4n) is 2.40. The third kappa shape index (κ3) is 3.20. The van der Waals surface area contributed by atoms with Gasteiger partial charge < -0.3 is 9.64 Å². The SMILES string of the molecule is O=C1COc2ccc(Cl)cc2CN1Cc1cc(F)cc(F)c1. The van der Waals surface area contributed by atoms with Crippen LogP contribution in [-0.2, 0) is 17.9 Å². The summed E-state index contributed by atoms with van der Waals surface area (Å²) < 4.78 is 32.0. The van der Waals surface area contributed by atoms with Gasteiger partial charge in [0, 0.05) is 29.7 Å². The van der Waals surface area contributed by atoms with Crippen molar-refractivity contribution in [3.63, 3.8) is 0 Å². The van der Waals surface area contributed by atoms with Gasteiger partial charge in [-0.05, 0) is 35.9 Å². The van der Waals surface area contributed by atoms with Crippen molar-refractivity contribution in [3.8, 4) is 5.75 Å². The average Bonchev–Trinajstić information content (AvgIpc) is 2.58. The van der Waals surface area contributed by atoms with Crippen molar-refractivity contribution in [1.82, 2.24) is 4.90 Å². The van der Waals surface area contributed by atoms with Gasteiger partial charge in [-0.3, -0.25) is 4.79 Å². The van der Waals surface area contributed by atoms with Crippen molar-refractivity contribution >= 4 is 17.5 Å². The summed E-state index contributed by atoms with van der Waals surface area (Å²) in [7, 11) is 0. The number of fused-ring (bicyclic) bond motifs is 1. The average molecular weight is 324 g/mol. The van der Waals surface area contributed by atoms with Crippen molar-refractivity contribution in [1.29, 1.82) is 0 Å². The highest BCUT2D eigenvalue weighted by Gasteiger charge is 2.22. The van der Waals surface area contributed by atoms with Crippen LogP contribution in [0.25, 0.3) is 0 Å². The van der Waals surface area contributed by atoms with Crippen LogP contribution >= 0.6 is 11.6 Å². The number of nitrogens with zero attached hydrogens (tertiary/aromatic N) is 1. The van der Waals surface area contributed by atoms with Gasteiger partial charge in [0.2, 0.25) is 0 Å². The number of carbonyl (C=O) groups excluding carboxylic acids is 1. The normalized spacial score (nSPS) is 14.3. The van der Waals surface area contributed by atoms with E-state index in [0.29, 0.717) is 16.3 Å². The molecule has 1 heterocycles. The summed E-state index contributed by atoms with van der Waals surface area (Å²) >= 11 is 5.96. The van der Waals surface area contributed by atoms with E-state index in [0.717, 1.165) is 11.6 Å². The molecule has 0 atom stereocenters. The fourth-order valence-corrected chi connectivity index (χ4v) is 2.60. The second kappa shape index (κ2) is 5.93. The maximum atomic E-state index is 13.3. The lowest BCUT2D eigenvalue weighted by atomic mass is 10.1. The van der Waals surface area contributed by atoms with Gasteiger partial charge in [-0.15, -0.1) is 0 Å². The Balaban J connectivity index is 1.87. The van der Waals surface area contributed by atoms with E-state index in [1.165, 1.54) is 17.0 Å². The minimum atomic E-state index is -0.669. The molecule has 1 aliphatic heterocycles. The molecule has 0 bridgehead atoms. The Kier molecular flexibility index (Phi) is 3.98. The first-order chi connectivity index (χ1) is 10.5. The molecule has 0 fully saturated rings. The van der Waals surface area contributed by atoms with Gasteiger partial charge in [0.05, 0.1) is 0 Å². The zero-order valence-corrected chi connectivity index (χ0v) is 12.2. The zero-order valence-electron chi connectivity index (χ0n) is 11.5. The number of amides is 1. The number of rotatable bonds is 2. The Hall–Kier alpha value is -2.14. The minimum absolute atomic E-state index is 0.100. The van der Waals surface area contributed by atoms with E-state index in [1.807, 2.05) is 0 Å². The van der Waals surface area contributed by atoms with Crippen LogP contribution in [0.3, 0.4) is 0 Å². The third-order valence-corrected chi connectivity index (χ3v) is 3.62. The van der Waals surface area contributed by atoms with Crippen LogP contribution in [0.5, 0.6) is 5.75 Å². The maximum Gasteiger partial charge on any atom is 0.261 e. The fraction of sp³-hybridized carbons (Fsp3) is 0.188. The number of hydrogen-bond donors (Lipinski definition) is 0. The summed E-state index contributed by atoms with van der Waals surface area (Å²) in [6.45, 7) is 0.252. The quantitative estimate of drug-likeness (QED) is 0.846. The number of ether oxygens (including phenoxy) is 1. The van der Waals surface area contributed by atoms with E-state index < -0.39 is 11.6 Å². The van der Waals surface area contributed by atoms with Crippen LogP contribution < -0.4 is 4.74 Å². The molecule has 0 aliphatic carbocycles. The first-order valence-corrected chi connectivity index (χ1v) is 7.03. The predicted molar refractivity (Wildman–Crippen MR) is 77.6 cm³/mol. The molecule has 2 aromatic rings. The Morgan fingerprint density at radius 3 is 2.59 bits per heavy atom. The molecule has 0 aromatic heterocycles. The standard InChI is InChI=1S/C16H12ClF2NO2/c17-12-1-2-15-11(5-12)8-20(16(21)9-22-15)7-10-3-13(18)6-14(19)4-10/h1-6H,7-9H2. The lowest BCUT2D eigenvalue weighted by Gasteiger charge is -2.20. The van der Waals surface area contributed by atoms with E-state index in [2.05, 4.69) is 0 Å². The predicted octanol–water partition coefficient (Wildman–Crippen LogP) is 3.54. The minimum Gasteiger partial charge on any atom is -0.483 e. The summed E-state index contributed by atoms with van der Waals surface area (Å²) in [5.74, 6) is -1.00. The summed E-state index contributed by atoms with van der Waals surface area (Å²) in [6, 6.07) is 8.32. The van der Waals surface area contributed by atoms with Crippen LogP contribution in [-0.4, -0.2) is 17.4 Å². The molecule has 0 unspecified atom stereocenters. The highest BCUT2D eigenvalue weighted by Crippen LogP contribution is 2.27. The van der Waals surface area contributed by atoms with Crippen molar-refractivity contribution in [3.05, 3.63) is 64.2 Å². The van der Waals surface area contributed by atoms with E-state index in [1.54, 1.807) is 18.2 Å². The Bertz CT molecular complexity index is 716. The molecule has 0 saturated heterocycles. The van der Waals surface area contributed by atoms with Gasteiger partial charge in [-0.2, -0.15) is 0 Å². The van der Waals surface area contributed by atoms with Gasteiger partial charge in [0.15, 0.2) is 6.61 Å². The molecule has 22 heavy (non-hydrogen) atoms. The van der Waals surface area contributed by atoms with E-state index >= 15 is 0 Å². The smallest absolute Gasteiger partial charge is 0.261 e. The van der Waals surface area contributed by atoms with Gasteiger partial charge in [0.1, 0.15) is 17.4 Å². The molecule has 0 spiro atoms. The van der Waals surface area contributed by atoms with Crippen molar-refractivity contribution in [2.75, 3.05) is 6.61 Å². The van der Waals surface area contributed by atoms with Crippen LogP contribution in [0.15, 0.2) is 36.4 Å². The molecule has 1 aliphatic rings. The first-order valence-electron chi connectivity index (χ1n) is 6.65. The van der Waals surface area contributed by atoms with Crippen molar-refractivity contribution in [2.45, 2.75) is 13.1 Å². The topological polar surface area (TPSA) is 29.5 Å². The molecule has 1 amide bonds. The Morgan fingerprint density at radius 2 is 1.86 bits per heavy atom. The highest BCUT2D eigenvalue weighted by molar-refractivity contribution is 6.30. The highest BCUT2D eigenvalue weighted by atomic mass is 35.5. The Labute approximate surface area is 131 Å². The number of halogens is 3. The van der Waals surface area contributed by atoms with E-state index in [-0.39, 0.29) is 25.6 Å². The summed E-state index contributed by atoms with van der Waals surface area (Å²) in [6.07, 6.45) is 0. The molecule has 6 heteroatoms. The van der Waals surface area contributed by atoms with Gasteiger partial charge >= 0.3 is 0 Å². The molecule has 2 aromatic carbocycles. The molecule has 0 N–H and O–H groups in total. The largest absolute Gasteiger partial charge is 0.483 e. The monoisotopic (exact) mass is 323 g/mol. The third-order valence-electron chi connectivity index (χ3n) is 3.38. The summed E-state index contributed by atoms with van der Waals surface area (Å²) in [4.78, 5) is 13.6. The van der Waals surface area contributed by atoms with Gasteiger partial charge in [-0.25, -0.2) is 8.78 Å². The van der Waals surface area contributed by atoms with E-state index in [9.17, 15) is 13.6 Å². The van der Waals surface area contributed by atoms with Crippen LogP contribution in [0.2, 0.25) is 5.02 Å². The second-order valence-corrected chi connectivity index (χ2v) is 5.50. The van der Waals surface area contributed by atoms with Crippen LogP contribution in [0.4, 0.5) is 8.78 Å². The summed E-state index contributed by atoms with van der Waals surface area (Å²) in [5, 5.41) is 0.536. The maximum absolute atomic E-state index is 13.3. The second-order valence-electron chi connectivity index (χ2n) is 5.07. The van der Waals surface area contributed by atoms with Gasteiger partial charge in [0.25, 0.3) is 5.91 Å². The van der Waals surface area contributed by atoms with Crippen LogP contribution in [0.1, 0.15) is 11.1 Å². The number of hydrogen-bond acceptors (Lipinski definition) is 2. The van der Waals surface area contributed by atoms with Crippen molar-refractivity contribution < 1.29 is 18.3 Å². The molecular formula is C16H12ClF2NO2. The van der Waals surface area contributed by atoms with Gasteiger partial charge in [-0.1, -0.05) is 11.6 Å². The molecule has 114 valence electrons. The van der Waals surface area contributed by atoms with E-state index in [4.69, 9.17) is 16.3 Å². The molecule has 3 nitrogen and oxygen atoms in total. The van der Waals surface area contributed by atoms with Crippen molar-refractivity contribution in [2.24, 2.45) is 0 Å². The number of carbonyl (C=O) groups is 1. The number of benzene rings is 2. The first kappa shape index (κ1) is 14.8. The summed E-state index contributed by atoms with van der Waals surface area (Å²) in [5.41, 5.74) is 1.14. The molecular weight excluding hydrogens is 312 g/mol. The molecule has 0 radical (unpaired) electrons. The molecule has 0 saturated carbocycles. The Morgan fingerprint density at radius 1 is 1.14 bits per heavy atom. The zero-order chi connectivity index (χ0) is 15.7. The lowest BCUT2D eigenvalue weighted by molar-refractivity contribution is -0.133. The van der Waals surface area contributed by atoms with Crippen LogP contribution in [0, 0.1) is 11.6 Å². The lowest BCUT2D eigenvalue weighted by Crippen LogP contribution is -2.31. The molecule has 3 rings (SSSR count).